The minimum atomic E-state index is 0.893. The van der Waals surface area contributed by atoms with E-state index in [-0.39, 0.29) is 0 Å². The largest absolute Gasteiger partial charge is 0.455 e. The third-order valence-corrected chi connectivity index (χ3v) is 14.5. The lowest BCUT2D eigenvalue weighted by molar-refractivity contribution is 0.669. The third-order valence-electron chi connectivity index (χ3n) is 14.5. The van der Waals surface area contributed by atoms with Gasteiger partial charge in [-0.15, -0.1) is 0 Å². The van der Waals surface area contributed by atoms with Gasteiger partial charge in [0.15, 0.2) is 0 Å². The molecule has 0 radical (unpaired) electrons. The van der Waals surface area contributed by atoms with Crippen LogP contribution in [-0.2, 0) is 0 Å². The Balaban J connectivity index is 0.919. The maximum atomic E-state index is 6.60. The Labute approximate surface area is 402 Å². The van der Waals surface area contributed by atoms with Crippen LogP contribution in [0.1, 0.15) is 0 Å². The van der Waals surface area contributed by atoms with Crippen LogP contribution in [0.3, 0.4) is 0 Å². The summed E-state index contributed by atoms with van der Waals surface area (Å²) < 4.78 is 18.0. The fourth-order valence-corrected chi connectivity index (χ4v) is 11.4. The molecule has 0 aliphatic carbocycles. The van der Waals surface area contributed by atoms with Crippen molar-refractivity contribution in [1.82, 2.24) is 9.13 Å². The van der Waals surface area contributed by atoms with Crippen LogP contribution in [0.15, 0.2) is 251 Å². The van der Waals surface area contributed by atoms with Crippen molar-refractivity contribution in [2.45, 2.75) is 0 Å². The molecule has 0 aliphatic heterocycles. The Hall–Kier alpha value is -9.38. The maximum absolute atomic E-state index is 6.60. The highest BCUT2D eigenvalue weighted by Gasteiger charge is 2.21. The summed E-state index contributed by atoms with van der Waals surface area (Å²) >= 11 is 0. The van der Waals surface area contributed by atoms with Gasteiger partial charge in [-0.05, 0) is 107 Å². The quantitative estimate of drug-likeness (QED) is 0.167. The number of aromatic nitrogens is 2. The number of fused-ring (bicyclic) bond motifs is 12. The van der Waals surface area contributed by atoms with Gasteiger partial charge >= 0.3 is 0 Å². The normalized spacial score (nSPS) is 12.0. The highest BCUT2D eigenvalue weighted by Crippen LogP contribution is 2.44. The van der Waals surface area contributed by atoms with Gasteiger partial charge in [0, 0.05) is 65.5 Å². The Kier molecular flexibility index (Phi) is 8.33. The van der Waals surface area contributed by atoms with Gasteiger partial charge in [-0.1, -0.05) is 164 Å². The first-order chi connectivity index (χ1) is 34.7. The lowest BCUT2D eigenvalue weighted by Gasteiger charge is -2.15. The summed E-state index contributed by atoms with van der Waals surface area (Å²) in [5, 5.41) is 9.28. The molecule has 0 aliphatic rings. The molecular weight excluding hydrogens is 853 g/mol. The SMILES string of the molecule is c1ccc(-n2c3ccccc3c3cc(-c4cccc(-c5ccccc5-n5c6ccc(-c7cccc8c7oc7ccccc78)cc6c6cc(-c7cccc8c7oc7ccccc78)ccc65)c4)ccc32)cc1. The smallest absolute Gasteiger partial charge is 0.143 e. The highest BCUT2D eigenvalue weighted by molar-refractivity contribution is 6.16. The first kappa shape index (κ1) is 38.7. The van der Waals surface area contributed by atoms with E-state index in [0.29, 0.717) is 0 Å². The van der Waals surface area contributed by atoms with Gasteiger partial charge in [0.2, 0.25) is 0 Å². The minimum Gasteiger partial charge on any atom is -0.455 e. The highest BCUT2D eigenvalue weighted by atomic mass is 16.3. The van der Waals surface area contributed by atoms with Crippen molar-refractivity contribution in [2.75, 3.05) is 0 Å². The summed E-state index contributed by atoms with van der Waals surface area (Å²) in [4.78, 5) is 0. The maximum Gasteiger partial charge on any atom is 0.143 e. The molecule has 0 unspecified atom stereocenters. The number of benzene rings is 11. The fraction of sp³-hybridized carbons (Fsp3) is 0. The second kappa shape index (κ2) is 15.1. The lowest BCUT2D eigenvalue weighted by Crippen LogP contribution is -1.97. The van der Waals surface area contributed by atoms with Crippen molar-refractivity contribution in [3.63, 3.8) is 0 Å². The number of rotatable bonds is 6. The average molecular weight is 893 g/mol. The van der Waals surface area contributed by atoms with Crippen molar-refractivity contribution in [2.24, 2.45) is 0 Å². The molecule has 0 amide bonds. The second-order valence-electron chi connectivity index (χ2n) is 18.4. The monoisotopic (exact) mass is 892 g/mol. The molecular formula is C66H40N2O2. The molecule has 4 aromatic heterocycles. The van der Waals surface area contributed by atoms with E-state index in [1.807, 2.05) is 12.1 Å². The molecule has 0 spiro atoms. The van der Waals surface area contributed by atoms with Crippen molar-refractivity contribution in [1.29, 1.82) is 0 Å². The zero-order valence-corrected chi connectivity index (χ0v) is 37.8. The van der Waals surface area contributed by atoms with Crippen LogP contribution < -0.4 is 0 Å². The molecule has 15 aromatic rings. The summed E-state index contributed by atoms with van der Waals surface area (Å²) in [5.74, 6) is 0. The summed E-state index contributed by atoms with van der Waals surface area (Å²) in [6, 6.07) is 87.5. The van der Waals surface area contributed by atoms with Crippen LogP contribution in [0.4, 0.5) is 0 Å². The molecule has 0 saturated carbocycles. The molecule has 11 aromatic carbocycles. The minimum absolute atomic E-state index is 0.893. The van der Waals surface area contributed by atoms with Gasteiger partial charge < -0.3 is 18.0 Å². The molecule has 0 saturated heterocycles. The Morgan fingerprint density at radius 1 is 0.243 bits per heavy atom. The van der Waals surface area contributed by atoms with E-state index in [2.05, 4.69) is 240 Å². The summed E-state index contributed by atoms with van der Waals surface area (Å²) in [6.45, 7) is 0. The van der Waals surface area contributed by atoms with Crippen LogP contribution in [0.5, 0.6) is 0 Å². The van der Waals surface area contributed by atoms with Crippen molar-refractivity contribution >= 4 is 87.5 Å². The first-order valence-electron chi connectivity index (χ1n) is 23.9. The van der Waals surface area contributed by atoms with E-state index in [1.165, 1.54) is 32.9 Å². The molecule has 0 bridgehead atoms. The Bertz CT molecular complexity index is 4430. The first-order valence-corrected chi connectivity index (χ1v) is 23.9. The van der Waals surface area contributed by atoms with Gasteiger partial charge in [-0.2, -0.15) is 0 Å². The van der Waals surface area contributed by atoms with E-state index in [9.17, 15) is 0 Å². The molecule has 70 heavy (non-hydrogen) atoms. The summed E-state index contributed by atoms with van der Waals surface area (Å²) in [6.07, 6.45) is 0. The second-order valence-corrected chi connectivity index (χ2v) is 18.4. The van der Waals surface area contributed by atoms with Crippen LogP contribution in [-0.4, -0.2) is 9.13 Å². The molecule has 0 N–H and O–H groups in total. The zero-order chi connectivity index (χ0) is 45.9. The lowest BCUT2D eigenvalue weighted by atomic mass is 9.97. The number of hydrogen-bond donors (Lipinski definition) is 0. The van der Waals surface area contributed by atoms with Crippen LogP contribution in [0, 0.1) is 0 Å². The number of furan rings is 2. The van der Waals surface area contributed by atoms with Crippen LogP contribution >= 0.6 is 0 Å². The number of nitrogens with zero attached hydrogens (tertiary/aromatic N) is 2. The van der Waals surface area contributed by atoms with Gasteiger partial charge in [0.05, 0.1) is 27.8 Å². The number of hydrogen-bond acceptors (Lipinski definition) is 2. The van der Waals surface area contributed by atoms with E-state index < -0.39 is 0 Å². The van der Waals surface area contributed by atoms with Gasteiger partial charge in [0.25, 0.3) is 0 Å². The Morgan fingerprint density at radius 3 is 1.34 bits per heavy atom. The predicted molar refractivity (Wildman–Crippen MR) is 291 cm³/mol. The molecule has 0 fully saturated rings. The van der Waals surface area contributed by atoms with Gasteiger partial charge in [0.1, 0.15) is 22.3 Å². The Morgan fingerprint density at radius 2 is 0.671 bits per heavy atom. The van der Waals surface area contributed by atoms with Crippen molar-refractivity contribution in [3.8, 4) is 55.9 Å². The molecule has 4 heteroatoms. The third kappa shape index (κ3) is 5.77. The average Bonchev–Trinajstić information content (AvgIpc) is 4.19. The number of para-hydroxylation sites is 7. The van der Waals surface area contributed by atoms with Crippen LogP contribution in [0.25, 0.3) is 143 Å². The molecule has 326 valence electrons. The molecule has 4 heterocycles. The van der Waals surface area contributed by atoms with Gasteiger partial charge in [-0.25, -0.2) is 0 Å². The molecule has 15 rings (SSSR count). The molecule has 4 nitrogen and oxygen atoms in total. The zero-order valence-electron chi connectivity index (χ0n) is 37.8. The van der Waals surface area contributed by atoms with Crippen molar-refractivity contribution in [3.05, 3.63) is 243 Å². The van der Waals surface area contributed by atoms with E-state index >= 15 is 0 Å². The van der Waals surface area contributed by atoms with E-state index in [4.69, 9.17) is 8.83 Å². The topological polar surface area (TPSA) is 36.1 Å². The standard InChI is InChI=1S/C66H40N2O2/c1-2-17-46(18-3-1)67-59-28-9-5-20-50(59)55-38-42(31-34-60(55)67)41-15-12-16-43(37-41)47-19-4-8-27-58(47)68-61-35-32-44(48-23-13-25-53-51-21-6-10-29-63(51)69-65(48)53)39-56(61)57-40-45(33-36-62(57)68)49-24-14-26-54-52-22-7-11-30-64(52)70-66(49)54/h1-40H. The summed E-state index contributed by atoms with van der Waals surface area (Å²) in [7, 11) is 0. The van der Waals surface area contributed by atoms with Crippen LogP contribution in [0.2, 0.25) is 0 Å². The van der Waals surface area contributed by atoms with Crippen molar-refractivity contribution < 1.29 is 8.83 Å². The van der Waals surface area contributed by atoms with Gasteiger partial charge in [-0.3, -0.25) is 0 Å². The fourth-order valence-electron chi connectivity index (χ4n) is 11.4. The summed E-state index contributed by atoms with van der Waals surface area (Å²) in [5.41, 5.74) is 19.5. The van der Waals surface area contributed by atoms with E-state index in [0.717, 1.165) is 110 Å². The molecule has 0 atom stereocenters. The predicted octanol–water partition coefficient (Wildman–Crippen LogP) is 18.3. The van der Waals surface area contributed by atoms with E-state index in [1.54, 1.807) is 0 Å².